The second-order valence-corrected chi connectivity index (χ2v) is 5.20. The van der Waals surface area contributed by atoms with Crippen LogP contribution < -0.4 is 9.47 Å². The maximum atomic E-state index is 11.2. The largest absolute Gasteiger partial charge is 0.507 e. The molecule has 0 spiro atoms. The molecule has 0 radical (unpaired) electrons. The topological polar surface area (TPSA) is 76.0 Å². The summed E-state index contributed by atoms with van der Waals surface area (Å²) in [4.78, 5) is 11.2. The molecule has 2 aromatic rings. The van der Waals surface area contributed by atoms with Crippen LogP contribution in [0.1, 0.15) is 21.5 Å². The Hall–Kier alpha value is -2.69. The van der Waals surface area contributed by atoms with Gasteiger partial charge in [-0.1, -0.05) is 0 Å². The Bertz CT molecular complexity index is 764. The van der Waals surface area contributed by atoms with Crippen LogP contribution in [0.4, 0.5) is 0 Å². The number of rotatable bonds is 3. The molecule has 2 aromatic carbocycles. The maximum absolute atomic E-state index is 11.2. The number of phenols is 1. The standard InChI is InChI=1S/C17H16O5/c1-21-15-6-10-4-3-9-5-14(18)13(17(19)20)7-11(9)12(10)8-16(15)22-2/h5-8,18H,3-4H2,1-2H3,(H,19,20). The number of carboxylic acid groups (broad SMARTS) is 1. The van der Waals surface area contributed by atoms with Crippen molar-refractivity contribution in [2.45, 2.75) is 12.8 Å². The molecule has 1 aliphatic rings. The van der Waals surface area contributed by atoms with Crippen LogP contribution in [0.5, 0.6) is 17.2 Å². The van der Waals surface area contributed by atoms with E-state index in [1.54, 1.807) is 20.3 Å². The van der Waals surface area contributed by atoms with Crippen molar-refractivity contribution in [3.8, 4) is 28.4 Å². The van der Waals surface area contributed by atoms with Crippen molar-refractivity contribution in [2.75, 3.05) is 14.2 Å². The van der Waals surface area contributed by atoms with E-state index in [0.29, 0.717) is 11.5 Å². The number of fused-ring (bicyclic) bond motifs is 3. The number of ether oxygens (including phenoxy) is 2. The molecule has 0 aliphatic heterocycles. The first-order chi connectivity index (χ1) is 10.5. The minimum atomic E-state index is -1.15. The quantitative estimate of drug-likeness (QED) is 0.911. The maximum Gasteiger partial charge on any atom is 0.339 e. The molecule has 0 unspecified atom stereocenters. The SMILES string of the molecule is COc1cc2c(cc1OC)-c1cc(C(=O)O)c(O)cc1CC2. The van der Waals surface area contributed by atoms with Crippen LogP contribution in [0.3, 0.4) is 0 Å². The molecule has 3 rings (SSSR count). The van der Waals surface area contributed by atoms with Crippen LogP contribution >= 0.6 is 0 Å². The lowest BCUT2D eigenvalue weighted by Crippen LogP contribution is -2.07. The second-order valence-electron chi connectivity index (χ2n) is 5.20. The Labute approximate surface area is 127 Å². The number of aromatic hydroxyl groups is 1. The predicted octanol–water partition coefficient (Wildman–Crippen LogP) is 2.87. The first-order valence-electron chi connectivity index (χ1n) is 6.89. The number of benzene rings is 2. The summed E-state index contributed by atoms with van der Waals surface area (Å²) >= 11 is 0. The molecule has 0 fully saturated rings. The first kappa shape index (κ1) is 14.3. The lowest BCUT2D eigenvalue weighted by Gasteiger charge is -2.22. The van der Waals surface area contributed by atoms with Gasteiger partial charge < -0.3 is 19.7 Å². The normalized spacial score (nSPS) is 12.3. The average molecular weight is 300 g/mol. The Morgan fingerprint density at radius 2 is 1.50 bits per heavy atom. The molecule has 114 valence electrons. The molecular formula is C17H16O5. The Morgan fingerprint density at radius 1 is 0.955 bits per heavy atom. The molecule has 0 aromatic heterocycles. The number of aryl methyl sites for hydroxylation is 2. The molecule has 22 heavy (non-hydrogen) atoms. The van der Waals surface area contributed by atoms with Gasteiger partial charge in [0.15, 0.2) is 11.5 Å². The van der Waals surface area contributed by atoms with Gasteiger partial charge in [-0.2, -0.15) is 0 Å². The van der Waals surface area contributed by atoms with E-state index in [-0.39, 0.29) is 11.3 Å². The fourth-order valence-electron chi connectivity index (χ4n) is 2.91. The number of hydrogen-bond donors (Lipinski definition) is 2. The summed E-state index contributed by atoms with van der Waals surface area (Å²) in [6.07, 6.45) is 1.54. The summed E-state index contributed by atoms with van der Waals surface area (Å²) in [5, 5.41) is 19.0. The zero-order valence-corrected chi connectivity index (χ0v) is 12.3. The van der Waals surface area contributed by atoms with E-state index in [0.717, 1.165) is 35.1 Å². The predicted molar refractivity (Wildman–Crippen MR) is 81.0 cm³/mol. The highest BCUT2D eigenvalue weighted by Crippen LogP contribution is 2.42. The fraction of sp³-hybridized carbons (Fsp3) is 0.235. The van der Waals surface area contributed by atoms with Crippen molar-refractivity contribution in [3.05, 3.63) is 41.0 Å². The molecular weight excluding hydrogens is 284 g/mol. The third-order valence-electron chi connectivity index (χ3n) is 4.02. The average Bonchev–Trinajstić information content (AvgIpc) is 2.52. The summed E-state index contributed by atoms with van der Waals surface area (Å²) in [5.74, 6) is -0.0935. The van der Waals surface area contributed by atoms with E-state index in [9.17, 15) is 15.0 Å². The minimum absolute atomic E-state index is 0.0959. The van der Waals surface area contributed by atoms with Crippen LogP contribution in [0, 0.1) is 0 Å². The van der Waals surface area contributed by atoms with Crippen molar-refractivity contribution in [1.29, 1.82) is 0 Å². The molecule has 0 atom stereocenters. The molecule has 0 bridgehead atoms. The van der Waals surface area contributed by atoms with Crippen LogP contribution in [0.15, 0.2) is 24.3 Å². The number of aromatic carboxylic acids is 1. The van der Waals surface area contributed by atoms with E-state index in [1.807, 2.05) is 12.1 Å². The van der Waals surface area contributed by atoms with E-state index in [4.69, 9.17) is 9.47 Å². The first-order valence-corrected chi connectivity index (χ1v) is 6.89. The molecule has 0 saturated carbocycles. The van der Waals surface area contributed by atoms with Crippen molar-refractivity contribution < 1.29 is 24.5 Å². The van der Waals surface area contributed by atoms with Gasteiger partial charge in [-0.05, 0) is 59.4 Å². The number of carbonyl (C=O) groups is 1. The minimum Gasteiger partial charge on any atom is -0.507 e. The zero-order chi connectivity index (χ0) is 15.9. The van der Waals surface area contributed by atoms with E-state index >= 15 is 0 Å². The summed E-state index contributed by atoms with van der Waals surface area (Å²) in [7, 11) is 3.15. The Balaban J connectivity index is 2.24. The summed E-state index contributed by atoms with van der Waals surface area (Å²) in [6, 6.07) is 6.84. The van der Waals surface area contributed by atoms with Gasteiger partial charge in [-0.15, -0.1) is 0 Å². The van der Waals surface area contributed by atoms with Crippen molar-refractivity contribution in [2.24, 2.45) is 0 Å². The fourth-order valence-corrected chi connectivity index (χ4v) is 2.91. The number of methoxy groups -OCH3 is 2. The van der Waals surface area contributed by atoms with Gasteiger partial charge in [0, 0.05) is 0 Å². The molecule has 5 nitrogen and oxygen atoms in total. The van der Waals surface area contributed by atoms with Crippen molar-refractivity contribution in [1.82, 2.24) is 0 Å². The lowest BCUT2D eigenvalue weighted by atomic mass is 9.84. The van der Waals surface area contributed by atoms with Crippen LogP contribution in [-0.4, -0.2) is 30.4 Å². The third kappa shape index (κ3) is 2.15. The Kier molecular flexibility index (Phi) is 3.41. The molecule has 2 N–H and O–H groups in total. The summed E-state index contributed by atoms with van der Waals surface area (Å²) < 4.78 is 10.6. The van der Waals surface area contributed by atoms with E-state index in [2.05, 4.69) is 0 Å². The van der Waals surface area contributed by atoms with Gasteiger partial charge in [0.05, 0.1) is 14.2 Å². The third-order valence-corrected chi connectivity index (χ3v) is 4.02. The summed E-state index contributed by atoms with van der Waals surface area (Å²) in [6.45, 7) is 0. The number of carboxylic acids is 1. The van der Waals surface area contributed by atoms with Crippen LogP contribution in [-0.2, 0) is 12.8 Å². The Morgan fingerprint density at radius 3 is 2.09 bits per heavy atom. The zero-order valence-electron chi connectivity index (χ0n) is 12.3. The lowest BCUT2D eigenvalue weighted by molar-refractivity contribution is 0.0694. The molecule has 0 amide bonds. The summed E-state index contributed by atoms with van der Waals surface area (Å²) in [5.41, 5.74) is 3.65. The van der Waals surface area contributed by atoms with Crippen molar-refractivity contribution in [3.63, 3.8) is 0 Å². The highest BCUT2D eigenvalue weighted by Gasteiger charge is 2.22. The van der Waals surface area contributed by atoms with E-state index < -0.39 is 5.97 Å². The molecule has 1 aliphatic carbocycles. The second kappa shape index (κ2) is 5.26. The molecule has 5 heteroatoms. The van der Waals surface area contributed by atoms with Crippen LogP contribution in [0.2, 0.25) is 0 Å². The van der Waals surface area contributed by atoms with E-state index in [1.165, 1.54) is 6.07 Å². The van der Waals surface area contributed by atoms with Gasteiger partial charge >= 0.3 is 5.97 Å². The molecule has 0 saturated heterocycles. The van der Waals surface area contributed by atoms with Crippen molar-refractivity contribution >= 4 is 5.97 Å². The van der Waals surface area contributed by atoms with Gasteiger partial charge in [0.25, 0.3) is 0 Å². The van der Waals surface area contributed by atoms with Crippen LogP contribution in [0.25, 0.3) is 11.1 Å². The van der Waals surface area contributed by atoms with Gasteiger partial charge in [-0.3, -0.25) is 0 Å². The highest BCUT2D eigenvalue weighted by molar-refractivity contribution is 5.93. The van der Waals surface area contributed by atoms with Gasteiger partial charge in [-0.25, -0.2) is 4.79 Å². The highest BCUT2D eigenvalue weighted by atomic mass is 16.5. The molecule has 0 heterocycles. The smallest absolute Gasteiger partial charge is 0.339 e. The number of hydrogen-bond acceptors (Lipinski definition) is 4. The van der Waals surface area contributed by atoms with Gasteiger partial charge in [0.1, 0.15) is 11.3 Å². The monoisotopic (exact) mass is 300 g/mol. The van der Waals surface area contributed by atoms with Gasteiger partial charge in [0.2, 0.25) is 0 Å².